The molecule has 4 nitrogen and oxygen atoms in total. The average molecular weight is 385 g/mol. The predicted molar refractivity (Wildman–Crippen MR) is 114 cm³/mol. The monoisotopic (exact) mass is 384 g/mol. The highest BCUT2D eigenvalue weighted by Crippen LogP contribution is 2.40. The first kappa shape index (κ1) is 19.8. The minimum atomic E-state index is -0.0190. The Morgan fingerprint density at radius 2 is 1.43 bits per heavy atom. The predicted octanol–water partition coefficient (Wildman–Crippen LogP) is 4.73. The summed E-state index contributed by atoms with van der Waals surface area (Å²) < 4.78 is 5.73. The van der Waals surface area contributed by atoms with Crippen LogP contribution in [0.1, 0.15) is 57.8 Å². The number of likely N-dealkylation sites (N-methyl/N-ethyl adjacent to an activating group) is 1. The molecule has 2 saturated carbocycles. The molecule has 3 fully saturated rings. The third-order valence-corrected chi connectivity index (χ3v) is 7.35. The highest BCUT2D eigenvalue weighted by Gasteiger charge is 2.32. The number of carbonyl (C=O) groups excluding carboxylic acids is 1. The van der Waals surface area contributed by atoms with Gasteiger partial charge in [-0.15, -0.1) is 0 Å². The number of benzene rings is 1. The van der Waals surface area contributed by atoms with Crippen LogP contribution < -0.4 is 9.64 Å². The van der Waals surface area contributed by atoms with E-state index in [0.29, 0.717) is 5.75 Å². The third kappa shape index (κ3) is 4.89. The summed E-state index contributed by atoms with van der Waals surface area (Å²) in [5, 5.41) is 0. The molecule has 4 heteroatoms. The van der Waals surface area contributed by atoms with Gasteiger partial charge in [0.05, 0.1) is 5.92 Å². The Balaban J connectivity index is 1.25. The Bertz CT molecular complexity index is 623. The van der Waals surface area contributed by atoms with E-state index >= 15 is 0 Å². The average Bonchev–Trinajstić information content (AvgIpc) is 2.76. The van der Waals surface area contributed by atoms with Crippen LogP contribution in [-0.4, -0.2) is 44.1 Å². The summed E-state index contributed by atoms with van der Waals surface area (Å²) in [6, 6.07) is 8.10. The molecule has 1 aromatic rings. The summed E-state index contributed by atoms with van der Waals surface area (Å²) in [5.41, 5.74) is 1.22. The van der Waals surface area contributed by atoms with Crippen molar-refractivity contribution in [2.24, 2.45) is 17.8 Å². The van der Waals surface area contributed by atoms with Gasteiger partial charge >= 0.3 is 5.97 Å². The Hall–Kier alpha value is -1.55. The highest BCUT2D eigenvalue weighted by molar-refractivity contribution is 5.75. The second-order valence-electron chi connectivity index (χ2n) is 9.22. The van der Waals surface area contributed by atoms with Crippen molar-refractivity contribution < 1.29 is 9.53 Å². The van der Waals surface area contributed by atoms with Gasteiger partial charge in [0.25, 0.3) is 0 Å². The fraction of sp³-hybridized carbons (Fsp3) is 0.708. The number of ether oxygens (including phenoxy) is 1. The fourth-order valence-corrected chi connectivity index (χ4v) is 5.42. The second kappa shape index (κ2) is 9.30. The minimum Gasteiger partial charge on any atom is -0.426 e. The third-order valence-electron chi connectivity index (χ3n) is 7.35. The Morgan fingerprint density at radius 1 is 0.821 bits per heavy atom. The molecule has 0 amide bonds. The van der Waals surface area contributed by atoms with Crippen molar-refractivity contribution in [3.8, 4) is 5.75 Å². The lowest BCUT2D eigenvalue weighted by molar-refractivity contribution is -0.140. The maximum atomic E-state index is 12.6. The topological polar surface area (TPSA) is 32.8 Å². The highest BCUT2D eigenvalue weighted by atomic mass is 16.5. The maximum absolute atomic E-state index is 12.6. The molecule has 0 radical (unpaired) electrons. The molecule has 0 N–H and O–H groups in total. The van der Waals surface area contributed by atoms with Gasteiger partial charge in [0.15, 0.2) is 0 Å². The van der Waals surface area contributed by atoms with E-state index < -0.39 is 0 Å². The normalized spacial score (nSPS) is 27.5. The zero-order valence-corrected chi connectivity index (χ0v) is 17.4. The first-order valence-corrected chi connectivity index (χ1v) is 11.4. The van der Waals surface area contributed by atoms with Crippen LogP contribution >= 0.6 is 0 Å². The van der Waals surface area contributed by atoms with E-state index in [-0.39, 0.29) is 11.9 Å². The molecule has 2 aliphatic carbocycles. The lowest BCUT2D eigenvalue weighted by atomic mass is 9.71. The van der Waals surface area contributed by atoms with Gasteiger partial charge < -0.3 is 14.5 Å². The van der Waals surface area contributed by atoms with Crippen molar-refractivity contribution in [2.45, 2.75) is 57.8 Å². The van der Waals surface area contributed by atoms with Crippen molar-refractivity contribution in [3.05, 3.63) is 24.3 Å². The van der Waals surface area contributed by atoms with Gasteiger partial charge in [0, 0.05) is 31.9 Å². The van der Waals surface area contributed by atoms with Gasteiger partial charge in [-0.3, -0.25) is 4.79 Å². The molecule has 0 spiro atoms. The first-order valence-electron chi connectivity index (χ1n) is 11.4. The standard InChI is InChI=1S/C24H36N2O2/c1-25-15-17-26(18-16-25)22-11-13-23(14-12-22)28-24(27)21-9-7-20(8-10-21)19-5-3-2-4-6-19/h11-14,19-21H,2-10,15-18H2,1H3. The lowest BCUT2D eigenvalue weighted by Crippen LogP contribution is -2.44. The second-order valence-corrected chi connectivity index (χ2v) is 9.22. The van der Waals surface area contributed by atoms with E-state index in [0.717, 1.165) is 50.9 Å². The molecule has 154 valence electrons. The zero-order valence-electron chi connectivity index (χ0n) is 17.4. The van der Waals surface area contributed by atoms with Crippen molar-refractivity contribution in [3.63, 3.8) is 0 Å². The number of esters is 1. The smallest absolute Gasteiger partial charge is 0.314 e. The molecule has 1 saturated heterocycles. The van der Waals surface area contributed by atoms with Crippen LogP contribution in [0.5, 0.6) is 5.75 Å². The molecule has 0 unspecified atom stereocenters. The summed E-state index contributed by atoms with van der Waals surface area (Å²) in [5.74, 6) is 2.55. The van der Waals surface area contributed by atoms with Gasteiger partial charge in [-0.05, 0) is 68.8 Å². The van der Waals surface area contributed by atoms with E-state index in [4.69, 9.17) is 4.74 Å². The first-order chi connectivity index (χ1) is 13.7. The van der Waals surface area contributed by atoms with Crippen LogP contribution in [0.25, 0.3) is 0 Å². The Kier molecular flexibility index (Phi) is 6.56. The van der Waals surface area contributed by atoms with Crippen LogP contribution in [0, 0.1) is 17.8 Å². The van der Waals surface area contributed by atoms with E-state index in [2.05, 4.69) is 29.0 Å². The van der Waals surface area contributed by atoms with E-state index in [1.165, 1.54) is 50.6 Å². The summed E-state index contributed by atoms with van der Waals surface area (Å²) >= 11 is 0. The lowest BCUT2D eigenvalue weighted by Gasteiger charge is -2.35. The number of rotatable bonds is 4. The molecule has 28 heavy (non-hydrogen) atoms. The number of carbonyl (C=O) groups is 1. The van der Waals surface area contributed by atoms with Crippen molar-refractivity contribution in [1.29, 1.82) is 0 Å². The van der Waals surface area contributed by atoms with Crippen LogP contribution in [0.4, 0.5) is 5.69 Å². The molecule has 3 aliphatic rings. The van der Waals surface area contributed by atoms with Gasteiger partial charge in [-0.2, -0.15) is 0 Å². The zero-order chi connectivity index (χ0) is 19.3. The van der Waals surface area contributed by atoms with E-state index in [9.17, 15) is 4.79 Å². The minimum absolute atomic E-state index is 0.0190. The number of anilines is 1. The molecular formula is C24H36N2O2. The molecule has 1 heterocycles. The largest absolute Gasteiger partial charge is 0.426 e. The molecule has 1 aliphatic heterocycles. The van der Waals surface area contributed by atoms with Crippen LogP contribution in [0.3, 0.4) is 0 Å². The van der Waals surface area contributed by atoms with Gasteiger partial charge in [-0.1, -0.05) is 32.1 Å². The van der Waals surface area contributed by atoms with E-state index in [1.807, 2.05) is 12.1 Å². The number of hydrogen-bond donors (Lipinski definition) is 0. The maximum Gasteiger partial charge on any atom is 0.314 e. The molecule has 4 rings (SSSR count). The molecular weight excluding hydrogens is 348 g/mol. The van der Waals surface area contributed by atoms with Gasteiger partial charge in [0.2, 0.25) is 0 Å². The number of hydrogen-bond acceptors (Lipinski definition) is 4. The van der Waals surface area contributed by atoms with Crippen LogP contribution in [0.15, 0.2) is 24.3 Å². The summed E-state index contributed by atoms with van der Waals surface area (Å²) in [7, 11) is 2.17. The summed E-state index contributed by atoms with van der Waals surface area (Å²) in [6.07, 6.45) is 11.5. The van der Waals surface area contributed by atoms with Gasteiger partial charge in [-0.25, -0.2) is 0 Å². The van der Waals surface area contributed by atoms with Crippen molar-refractivity contribution in [1.82, 2.24) is 4.90 Å². The Morgan fingerprint density at radius 3 is 2.07 bits per heavy atom. The SMILES string of the molecule is CN1CCN(c2ccc(OC(=O)C3CCC(C4CCCCC4)CC3)cc2)CC1. The van der Waals surface area contributed by atoms with Crippen molar-refractivity contribution >= 4 is 11.7 Å². The molecule has 0 bridgehead atoms. The summed E-state index contributed by atoms with van der Waals surface area (Å²) in [4.78, 5) is 17.4. The number of nitrogens with zero attached hydrogens (tertiary/aromatic N) is 2. The van der Waals surface area contributed by atoms with Gasteiger partial charge in [0.1, 0.15) is 5.75 Å². The molecule has 0 aromatic heterocycles. The summed E-state index contributed by atoms with van der Waals surface area (Å²) in [6.45, 7) is 4.31. The molecule has 0 atom stereocenters. The fourth-order valence-electron chi connectivity index (χ4n) is 5.42. The van der Waals surface area contributed by atoms with Crippen LogP contribution in [-0.2, 0) is 4.79 Å². The number of piperazine rings is 1. The molecule has 1 aromatic carbocycles. The quantitative estimate of drug-likeness (QED) is 0.555. The van der Waals surface area contributed by atoms with Crippen LogP contribution in [0.2, 0.25) is 0 Å². The Labute approximate surface area is 170 Å². The van der Waals surface area contributed by atoms with E-state index in [1.54, 1.807) is 0 Å². The van der Waals surface area contributed by atoms with Crippen molar-refractivity contribution in [2.75, 3.05) is 38.1 Å².